The topological polar surface area (TPSA) is 29.5 Å². The van der Waals surface area contributed by atoms with Crippen LogP contribution >= 0.6 is 0 Å². The van der Waals surface area contributed by atoms with E-state index in [0.717, 1.165) is 19.4 Å². The van der Waals surface area contributed by atoms with E-state index in [9.17, 15) is 4.79 Å². The van der Waals surface area contributed by atoms with Crippen molar-refractivity contribution in [1.29, 1.82) is 0 Å². The molecule has 1 unspecified atom stereocenters. The molecular weight excluding hydrogens is 262 g/mol. The standard InChI is InChI=1S/C18H33NO2/c1-7-13-18(5,15-11-9-8-10-12-15)14-19(6)16(20)21-17(2,3)4/h11H,7-10,12-14H2,1-6H3. The van der Waals surface area contributed by atoms with Gasteiger partial charge in [0.05, 0.1) is 0 Å². The molecule has 3 heteroatoms. The molecule has 0 aliphatic heterocycles. The summed E-state index contributed by atoms with van der Waals surface area (Å²) in [5.74, 6) is 0. The van der Waals surface area contributed by atoms with Crippen molar-refractivity contribution in [1.82, 2.24) is 4.90 Å². The van der Waals surface area contributed by atoms with Gasteiger partial charge in [0.1, 0.15) is 5.60 Å². The van der Waals surface area contributed by atoms with Crippen molar-refractivity contribution < 1.29 is 9.53 Å². The maximum atomic E-state index is 12.2. The Bertz CT molecular complexity index is 381. The molecule has 122 valence electrons. The summed E-state index contributed by atoms with van der Waals surface area (Å²) in [6.45, 7) is 11.0. The van der Waals surface area contributed by atoms with Crippen LogP contribution in [0.25, 0.3) is 0 Å². The zero-order chi connectivity index (χ0) is 16.1. The fourth-order valence-electron chi connectivity index (χ4n) is 3.21. The van der Waals surface area contributed by atoms with Gasteiger partial charge >= 0.3 is 6.09 Å². The lowest BCUT2D eigenvalue weighted by atomic mass is 9.73. The summed E-state index contributed by atoms with van der Waals surface area (Å²) in [6.07, 6.45) is 9.38. The Kier molecular flexibility index (Phi) is 6.30. The van der Waals surface area contributed by atoms with Gasteiger partial charge in [-0.15, -0.1) is 0 Å². The summed E-state index contributed by atoms with van der Waals surface area (Å²) < 4.78 is 5.48. The van der Waals surface area contributed by atoms with Crippen LogP contribution in [0.4, 0.5) is 4.79 Å². The molecule has 0 spiro atoms. The first kappa shape index (κ1) is 18.1. The third kappa shape index (κ3) is 5.72. The van der Waals surface area contributed by atoms with Gasteiger partial charge < -0.3 is 9.64 Å². The van der Waals surface area contributed by atoms with Crippen LogP contribution in [0, 0.1) is 5.41 Å². The second kappa shape index (κ2) is 7.33. The number of rotatable bonds is 5. The van der Waals surface area contributed by atoms with Crippen molar-refractivity contribution in [2.24, 2.45) is 5.41 Å². The van der Waals surface area contributed by atoms with Gasteiger partial charge in [-0.05, 0) is 52.9 Å². The van der Waals surface area contributed by atoms with Crippen molar-refractivity contribution >= 4 is 6.09 Å². The van der Waals surface area contributed by atoms with Crippen LogP contribution in [0.1, 0.15) is 73.1 Å². The van der Waals surface area contributed by atoms with E-state index in [4.69, 9.17) is 4.74 Å². The molecule has 1 amide bonds. The van der Waals surface area contributed by atoms with Crippen LogP contribution in [0.5, 0.6) is 0 Å². The first-order valence-electron chi connectivity index (χ1n) is 8.31. The average molecular weight is 295 g/mol. The highest BCUT2D eigenvalue weighted by atomic mass is 16.6. The molecule has 0 fully saturated rings. The molecule has 21 heavy (non-hydrogen) atoms. The molecule has 1 aliphatic rings. The van der Waals surface area contributed by atoms with E-state index in [1.165, 1.54) is 31.3 Å². The van der Waals surface area contributed by atoms with E-state index in [2.05, 4.69) is 19.9 Å². The lowest BCUT2D eigenvalue weighted by Gasteiger charge is -2.38. The smallest absolute Gasteiger partial charge is 0.410 e. The van der Waals surface area contributed by atoms with Crippen LogP contribution in [-0.2, 0) is 4.74 Å². The largest absolute Gasteiger partial charge is 0.444 e. The molecule has 0 radical (unpaired) electrons. The molecule has 3 nitrogen and oxygen atoms in total. The van der Waals surface area contributed by atoms with Gasteiger partial charge in [0, 0.05) is 19.0 Å². The molecular formula is C18H33NO2. The third-order valence-corrected chi connectivity index (χ3v) is 4.16. The zero-order valence-electron chi connectivity index (χ0n) is 14.8. The molecule has 1 rings (SSSR count). The normalized spacial score (nSPS) is 18.7. The van der Waals surface area contributed by atoms with Gasteiger partial charge in [-0.1, -0.05) is 31.9 Å². The number of amides is 1. The van der Waals surface area contributed by atoms with Crippen LogP contribution < -0.4 is 0 Å². The van der Waals surface area contributed by atoms with Gasteiger partial charge in [0.2, 0.25) is 0 Å². The predicted octanol–water partition coefficient (Wildman–Crippen LogP) is 5.16. The second-order valence-corrected chi connectivity index (χ2v) is 7.62. The Balaban J connectivity index is 2.77. The van der Waals surface area contributed by atoms with Crippen LogP contribution in [0.15, 0.2) is 11.6 Å². The van der Waals surface area contributed by atoms with E-state index in [-0.39, 0.29) is 11.5 Å². The second-order valence-electron chi connectivity index (χ2n) is 7.62. The minimum Gasteiger partial charge on any atom is -0.444 e. The van der Waals surface area contributed by atoms with Crippen LogP contribution in [0.3, 0.4) is 0 Å². The minimum atomic E-state index is -0.434. The highest BCUT2D eigenvalue weighted by Gasteiger charge is 2.32. The van der Waals surface area contributed by atoms with E-state index >= 15 is 0 Å². The lowest BCUT2D eigenvalue weighted by molar-refractivity contribution is 0.0239. The number of ether oxygens (including phenoxy) is 1. The van der Waals surface area contributed by atoms with E-state index in [1.54, 1.807) is 4.90 Å². The van der Waals surface area contributed by atoms with Gasteiger partial charge in [0.15, 0.2) is 0 Å². The zero-order valence-corrected chi connectivity index (χ0v) is 14.8. The lowest BCUT2D eigenvalue weighted by Crippen LogP contribution is -2.41. The fraction of sp³-hybridized carbons (Fsp3) is 0.833. The van der Waals surface area contributed by atoms with Gasteiger partial charge in [-0.3, -0.25) is 0 Å². The molecule has 0 saturated heterocycles. The fourth-order valence-corrected chi connectivity index (χ4v) is 3.21. The van der Waals surface area contributed by atoms with Crippen LogP contribution in [0.2, 0.25) is 0 Å². The first-order chi connectivity index (χ1) is 9.68. The maximum absolute atomic E-state index is 12.2. The summed E-state index contributed by atoms with van der Waals surface area (Å²) in [4.78, 5) is 14.0. The van der Waals surface area contributed by atoms with Crippen molar-refractivity contribution in [3.05, 3.63) is 11.6 Å². The highest BCUT2D eigenvalue weighted by molar-refractivity contribution is 5.67. The monoisotopic (exact) mass is 295 g/mol. The molecule has 0 aromatic carbocycles. The Morgan fingerprint density at radius 1 is 1.29 bits per heavy atom. The highest BCUT2D eigenvalue weighted by Crippen LogP contribution is 2.38. The predicted molar refractivity (Wildman–Crippen MR) is 88.4 cm³/mol. The Morgan fingerprint density at radius 2 is 1.95 bits per heavy atom. The molecule has 1 atom stereocenters. The van der Waals surface area contributed by atoms with Crippen molar-refractivity contribution in [3.8, 4) is 0 Å². The Morgan fingerprint density at radius 3 is 2.43 bits per heavy atom. The SMILES string of the molecule is CCCC(C)(CN(C)C(=O)OC(C)(C)C)C1=CCCCC1. The summed E-state index contributed by atoms with van der Waals surface area (Å²) in [6, 6.07) is 0. The quantitative estimate of drug-likeness (QED) is 0.656. The molecule has 0 aromatic rings. The Hall–Kier alpha value is -0.990. The van der Waals surface area contributed by atoms with Gasteiger partial charge in [-0.2, -0.15) is 0 Å². The number of nitrogens with zero attached hydrogens (tertiary/aromatic N) is 1. The number of hydrogen-bond acceptors (Lipinski definition) is 2. The molecule has 0 saturated carbocycles. The summed E-state index contributed by atoms with van der Waals surface area (Å²) >= 11 is 0. The first-order valence-corrected chi connectivity index (χ1v) is 8.31. The third-order valence-electron chi connectivity index (χ3n) is 4.16. The molecule has 0 N–H and O–H groups in total. The average Bonchev–Trinajstić information content (AvgIpc) is 2.38. The van der Waals surface area contributed by atoms with E-state index < -0.39 is 5.60 Å². The summed E-state index contributed by atoms with van der Waals surface area (Å²) in [5, 5.41) is 0. The number of carbonyl (C=O) groups excluding carboxylic acids is 1. The van der Waals surface area contributed by atoms with Crippen molar-refractivity contribution in [2.45, 2.75) is 78.7 Å². The molecule has 0 bridgehead atoms. The van der Waals surface area contributed by atoms with E-state index in [0.29, 0.717) is 0 Å². The van der Waals surface area contributed by atoms with Crippen molar-refractivity contribution in [3.63, 3.8) is 0 Å². The van der Waals surface area contributed by atoms with Crippen LogP contribution in [-0.4, -0.2) is 30.2 Å². The van der Waals surface area contributed by atoms with Crippen molar-refractivity contribution in [2.75, 3.05) is 13.6 Å². The maximum Gasteiger partial charge on any atom is 0.410 e. The Labute approximate surface area is 130 Å². The molecule has 1 aliphatic carbocycles. The minimum absolute atomic E-state index is 0.0842. The number of allylic oxidation sites excluding steroid dienone is 1. The van der Waals surface area contributed by atoms with Gasteiger partial charge in [0.25, 0.3) is 0 Å². The molecule has 0 heterocycles. The summed E-state index contributed by atoms with van der Waals surface area (Å²) in [5.41, 5.74) is 1.18. The summed E-state index contributed by atoms with van der Waals surface area (Å²) in [7, 11) is 1.85. The van der Waals surface area contributed by atoms with E-state index in [1.807, 2.05) is 27.8 Å². The molecule has 0 aromatic heterocycles. The number of carbonyl (C=O) groups is 1. The number of hydrogen-bond donors (Lipinski definition) is 0. The van der Waals surface area contributed by atoms with Gasteiger partial charge in [-0.25, -0.2) is 4.79 Å².